The van der Waals surface area contributed by atoms with Crippen molar-refractivity contribution in [2.45, 2.75) is 6.61 Å². The first kappa shape index (κ1) is 22.1. The smallest absolute Gasteiger partial charge is 0.278 e. The van der Waals surface area contributed by atoms with Gasteiger partial charge in [0.1, 0.15) is 5.82 Å². The molecule has 0 saturated heterocycles. The predicted molar refractivity (Wildman–Crippen MR) is 132 cm³/mol. The van der Waals surface area contributed by atoms with Crippen molar-refractivity contribution in [3.05, 3.63) is 112 Å². The molecule has 5 nitrogen and oxygen atoms in total. The van der Waals surface area contributed by atoms with Gasteiger partial charge in [0.05, 0.1) is 24.6 Å². The average Bonchev–Trinajstić information content (AvgIpc) is 3.26. The molecule has 34 heavy (non-hydrogen) atoms. The molecular formula is C27H21ClFN3O2. The summed E-state index contributed by atoms with van der Waals surface area (Å²) in [5.74, 6) is -0.535. The van der Waals surface area contributed by atoms with Gasteiger partial charge in [-0.1, -0.05) is 41.9 Å². The number of ether oxygens (including phenoxy) is 1. The molecule has 170 valence electrons. The van der Waals surface area contributed by atoms with E-state index >= 15 is 0 Å². The number of hydrogen-bond acceptors (Lipinski definition) is 3. The number of halogens is 2. The van der Waals surface area contributed by atoms with Gasteiger partial charge in [0.15, 0.2) is 5.69 Å². The van der Waals surface area contributed by atoms with E-state index in [0.717, 1.165) is 28.2 Å². The van der Waals surface area contributed by atoms with Gasteiger partial charge in [-0.25, -0.2) is 9.07 Å². The Morgan fingerprint density at radius 1 is 1.03 bits per heavy atom. The van der Waals surface area contributed by atoms with Crippen molar-refractivity contribution in [1.29, 1.82) is 0 Å². The lowest BCUT2D eigenvalue weighted by Gasteiger charge is -2.20. The van der Waals surface area contributed by atoms with E-state index in [4.69, 9.17) is 21.4 Å². The van der Waals surface area contributed by atoms with Gasteiger partial charge in [-0.3, -0.25) is 4.79 Å². The molecule has 0 unspecified atom stereocenters. The molecule has 0 N–H and O–H groups in total. The van der Waals surface area contributed by atoms with Gasteiger partial charge in [-0.15, -0.1) is 0 Å². The number of rotatable bonds is 4. The maximum atomic E-state index is 13.5. The van der Waals surface area contributed by atoms with Crippen molar-refractivity contribution in [2.24, 2.45) is 0 Å². The molecular weight excluding hydrogens is 453 g/mol. The molecule has 1 aliphatic heterocycles. The number of carbonyl (C=O) groups is 1. The van der Waals surface area contributed by atoms with E-state index in [1.54, 1.807) is 40.9 Å². The van der Waals surface area contributed by atoms with Gasteiger partial charge in [0, 0.05) is 28.9 Å². The maximum Gasteiger partial charge on any atom is 0.278 e. The van der Waals surface area contributed by atoms with E-state index in [9.17, 15) is 9.18 Å². The van der Waals surface area contributed by atoms with Gasteiger partial charge in [0.2, 0.25) is 0 Å². The van der Waals surface area contributed by atoms with Gasteiger partial charge < -0.3 is 9.64 Å². The second-order valence-electron chi connectivity index (χ2n) is 7.98. The summed E-state index contributed by atoms with van der Waals surface area (Å²) < 4.78 is 21.0. The molecule has 0 bridgehead atoms. The van der Waals surface area contributed by atoms with E-state index in [0.29, 0.717) is 22.9 Å². The second-order valence-corrected chi connectivity index (χ2v) is 8.41. The quantitative estimate of drug-likeness (QED) is 0.364. The first-order valence-corrected chi connectivity index (χ1v) is 11.1. The third kappa shape index (κ3) is 4.25. The summed E-state index contributed by atoms with van der Waals surface area (Å²) in [6.07, 6.45) is 1.93. The van der Waals surface area contributed by atoms with Crippen LogP contribution in [-0.2, 0) is 11.3 Å². The molecule has 1 aliphatic rings. The Morgan fingerprint density at radius 3 is 2.44 bits per heavy atom. The van der Waals surface area contributed by atoms with Gasteiger partial charge in [-0.05, 0) is 60.2 Å². The maximum absolute atomic E-state index is 13.5. The molecule has 0 atom stereocenters. The highest BCUT2D eigenvalue weighted by Crippen LogP contribution is 2.33. The lowest BCUT2D eigenvalue weighted by Crippen LogP contribution is -2.28. The standard InChI is InChI=1S/C27H21ClFN3O2/c1-31(22-5-3-2-4-6-22)27(33)25-24-17-34-16-19(15-18-7-11-21(29)12-8-18)26(24)32(30-25)23-13-9-20(28)10-14-23/h2-15H,16-17H2,1H3/b19-15+. The van der Waals surface area contributed by atoms with Crippen molar-refractivity contribution in [1.82, 2.24) is 9.78 Å². The highest BCUT2D eigenvalue weighted by Gasteiger charge is 2.30. The van der Waals surface area contributed by atoms with E-state index in [1.165, 1.54) is 12.1 Å². The number of aromatic nitrogens is 2. The molecule has 4 aromatic rings. The fourth-order valence-corrected chi connectivity index (χ4v) is 4.11. The fourth-order valence-electron chi connectivity index (χ4n) is 3.99. The molecule has 3 aromatic carbocycles. The SMILES string of the molecule is CN(C(=O)c1nn(-c2ccc(Cl)cc2)c2c1COC/C2=C\c1ccc(F)cc1)c1ccccc1. The summed E-state index contributed by atoms with van der Waals surface area (Å²) in [5.41, 5.74) is 5.03. The molecule has 1 amide bonds. The third-order valence-corrected chi connectivity index (χ3v) is 5.98. The molecule has 5 rings (SSSR count). The Kier molecular flexibility index (Phi) is 6.01. The Bertz CT molecular complexity index is 1360. The van der Waals surface area contributed by atoms with Crippen molar-refractivity contribution in [2.75, 3.05) is 18.6 Å². The first-order chi connectivity index (χ1) is 16.5. The lowest BCUT2D eigenvalue weighted by atomic mass is 10.0. The zero-order valence-electron chi connectivity index (χ0n) is 18.4. The highest BCUT2D eigenvalue weighted by molar-refractivity contribution is 6.30. The molecule has 0 radical (unpaired) electrons. The summed E-state index contributed by atoms with van der Waals surface area (Å²) in [4.78, 5) is 15.1. The minimum absolute atomic E-state index is 0.234. The van der Waals surface area contributed by atoms with Crippen LogP contribution in [-0.4, -0.2) is 29.3 Å². The van der Waals surface area contributed by atoms with E-state index in [-0.39, 0.29) is 18.3 Å². The topological polar surface area (TPSA) is 47.4 Å². The van der Waals surface area contributed by atoms with Crippen LogP contribution >= 0.6 is 11.6 Å². The summed E-state index contributed by atoms with van der Waals surface area (Å²) in [5, 5.41) is 5.35. The fraction of sp³-hybridized carbons (Fsp3) is 0.111. The first-order valence-electron chi connectivity index (χ1n) is 10.8. The molecule has 0 saturated carbocycles. The van der Waals surface area contributed by atoms with Crippen molar-refractivity contribution < 1.29 is 13.9 Å². The van der Waals surface area contributed by atoms with Crippen LogP contribution in [0.1, 0.15) is 27.3 Å². The molecule has 7 heteroatoms. The molecule has 0 spiro atoms. The summed E-state index contributed by atoms with van der Waals surface area (Å²) in [6.45, 7) is 0.596. The summed E-state index contributed by atoms with van der Waals surface area (Å²) in [6, 6.07) is 22.9. The Balaban J connectivity index is 1.65. The van der Waals surface area contributed by atoms with Crippen LogP contribution in [0.3, 0.4) is 0 Å². The van der Waals surface area contributed by atoms with E-state index in [1.807, 2.05) is 48.5 Å². The zero-order valence-corrected chi connectivity index (χ0v) is 19.2. The number of anilines is 1. The number of para-hydroxylation sites is 1. The number of nitrogens with zero attached hydrogens (tertiary/aromatic N) is 3. The largest absolute Gasteiger partial charge is 0.372 e. The molecule has 2 heterocycles. The number of hydrogen-bond donors (Lipinski definition) is 0. The van der Waals surface area contributed by atoms with Crippen LogP contribution in [0, 0.1) is 5.82 Å². The van der Waals surface area contributed by atoms with Crippen LogP contribution in [0.15, 0.2) is 78.9 Å². The zero-order chi connectivity index (χ0) is 23.7. The van der Waals surface area contributed by atoms with Gasteiger partial charge >= 0.3 is 0 Å². The van der Waals surface area contributed by atoms with Crippen LogP contribution in [0.4, 0.5) is 10.1 Å². The molecule has 0 aliphatic carbocycles. The normalized spacial score (nSPS) is 14.1. The Hall–Kier alpha value is -3.74. The minimum atomic E-state index is -0.300. The van der Waals surface area contributed by atoms with Crippen molar-refractivity contribution in [3.63, 3.8) is 0 Å². The Morgan fingerprint density at radius 2 is 1.74 bits per heavy atom. The Labute approximate surface area is 201 Å². The molecule has 1 aromatic heterocycles. The van der Waals surface area contributed by atoms with E-state index in [2.05, 4.69) is 0 Å². The van der Waals surface area contributed by atoms with Crippen molar-refractivity contribution in [3.8, 4) is 5.69 Å². The van der Waals surface area contributed by atoms with Crippen LogP contribution < -0.4 is 4.90 Å². The van der Waals surface area contributed by atoms with Crippen LogP contribution in [0.25, 0.3) is 17.3 Å². The summed E-state index contributed by atoms with van der Waals surface area (Å²) >= 11 is 6.10. The minimum Gasteiger partial charge on any atom is -0.372 e. The monoisotopic (exact) mass is 473 g/mol. The average molecular weight is 474 g/mol. The van der Waals surface area contributed by atoms with Crippen LogP contribution in [0.5, 0.6) is 0 Å². The third-order valence-electron chi connectivity index (χ3n) is 5.72. The lowest BCUT2D eigenvalue weighted by molar-refractivity contribution is 0.0979. The molecule has 0 fully saturated rings. The van der Waals surface area contributed by atoms with Gasteiger partial charge in [0.25, 0.3) is 5.91 Å². The second kappa shape index (κ2) is 9.25. The van der Waals surface area contributed by atoms with E-state index < -0.39 is 0 Å². The van der Waals surface area contributed by atoms with Gasteiger partial charge in [-0.2, -0.15) is 5.10 Å². The number of carbonyl (C=O) groups excluding carboxylic acids is 1. The highest BCUT2D eigenvalue weighted by atomic mass is 35.5. The van der Waals surface area contributed by atoms with Crippen molar-refractivity contribution >= 4 is 34.8 Å². The number of benzene rings is 3. The number of fused-ring (bicyclic) bond motifs is 1. The predicted octanol–water partition coefficient (Wildman–Crippen LogP) is 6.01. The van der Waals surface area contributed by atoms with Crippen LogP contribution in [0.2, 0.25) is 5.02 Å². The summed E-state index contributed by atoms with van der Waals surface area (Å²) in [7, 11) is 1.73. The number of amides is 1.